The first-order valence-corrected chi connectivity index (χ1v) is 10.2. The van der Waals surface area contributed by atoms with Gasteiger partial charge in [0.25, 0.3) is 5.91 Å². The number of esters is 1. The minimum Gasteiger partial charge on any atom is -0.482 e. The molecule has 0 saturated carbocycles. The summed E-state index contributed by atoms with van der Waals surface area (Å²) in [6.45, 7) is 4.23. The Balaban J connectivity index is 1.56. The summed E-state index contributed by atoms with van der Waals surface area (Å²) in [6.07, 6.45) is 0. The highest BCUT2D eigenvalue weighted by atomic mass is 16.6. The van der Waals surface area contributed by atoms with Gasteiger partial charge in [0.1, 0.15) is 5.75 Å². The van der Waals surface area contributed by atoms with Crippen LogP contribution in [0.15, 0.2) is 78.9 Å². The summed E-state index contributed by atoms with van der Waals surface area (Å²) in [6, 6.07) is 25.2. The number of hydrogen-bond donors (Lipinski definition) is 0. The molecule has 3 aromatic carbocycles. The lowest BCUT2D eigenvalue weighted by molar-refractivity contribution is -0.154. The van der Waals surface area contributed by atoms with Gasteiger partial charge >= 0.3 is 5.97 Å². The molecule has 160 valence electrons. The molecule has 5 nitrogen and oxygen atoms in total. The van der Waals surface area contributed by atoms with Gasteiger partial charge in [-0.15, -0.1) is 0 Å². The first kappa shape index (κ1) is 22.1. The van der Waals surface area contributed by atoms with Crippen LogP contribution in [0.2, 0.25) is 0 Å². The van der Waals surface area contributed by atoms with Crippen molar-refractivity contribution in [3.63, 3.8) is 0 Å². The van der Waals surface area contributed by atoms with Crippen molar-refractivity contribution in [3.8, 4) is 5.75 Å². The summed E-state index contributed by atoms with van der Waals surface area (Å²) in [5.74, 6) is -0.227. The van der Waals surface area contributed by atoms with Gasteiger partial charge in [-0.3, -0.25) is 4.79 Å². The molecule has 0 heterocycles. The summed E-state index contributed by atoms with van der Waals surface area (Å²) in [5.41, 5.74) is 4.12. The fourth-order valence-electron chi connectivity index (χ4n) is 3.27. The van der Waals surface area contributed by atoms with E-state index in [0.29, 0.717) is 18.8 Å². The largest absolute Gasteiger partial charge is 0.482 e. The smallest absolute Gasteiger partial charge is 0.344 e. The van der Waals surface area contributed by atoms with Gasteiger partial charge in [0.2, 0.25) is 0 Å². The molecule has 5 heteroatoms. The van der Waals surface area contributed by atoms with Crippen molar-refractivity contribution in [2.75, 3.05) is 13.2 Å². The molecule has 0 aromatic heterocycles. The number of carbonyl (C=O) groups is 2. The molecular weight excluding hydrogens is 390 g/mol. The van der Waals surface area contributed by atoms with Crippen LogP contribution >= 0.6 is 0 Å². The van der Waals surface area contributed by atoms with Gasteiger partial charge in [0.15, 0.2) is 13.2 Å². The van der Waals surface area contributed by atoms with E-state index in [4.69, 9.17) is 9.47 Å². The average molecular weight is 418 g/mol. The van der Waals surface area contributed by atoms with Gasteiger partial charge in [-0.05, 0) is 48.2 Å². The Bertz CT molecular complexity index is 941. The van der Waals surface area contributed by atoms with Crippen molar-refractivity contribution in [2.24, 2.45) is 0 Å². The van der Waals surface area contributed by atoms with E-state index in [0.717, 1.165) is 22.3 Å². The standard InChI is InChI=1S/C26H27NO4/c1-20-13-21(2)15-24(14-20)30-19-26(29)31-18-25(28)27(16-22-9-5-3-6-10-22)17-23-11-7-4-8-12-23/h3-15H,16-19H2,1-2H3. The van der Waals surface area contributed by atoms with Crippen LogP contribution in [-0.4, -0.2) is 30.0 Å². The molecule has 0 spiro atoms. The van der Waals surface area contributed by atoms with Crippen LogP contribution in [-0.2, 0) is 27.4 Å². The molecule has 3 aromatic rings. The van der Waals surface area contributed by atoms with Gasteiger partial charge < -0.3 is 14.4 Å². The molecule has 0 aliphatic heterocycles. The molecule has 3 rings (SSSR count). The van der Waals surface area contributed by atoms with Crippen LogP contribution in [0.3, 0.4) is 0 Å². The molecular formula is C26H27NO4. The lowest BCUT2D eigenvalue weighted by Crippen LogP contribution is -2.34. The van der Waals surface area contributed by atoms with Crippen molar-refractivity contribution in [1.29, 1.82) is 0 Å². The Labute approximate surface area is 183 Å². The molecule has 0 N–H and O–H groups in total. The average Bonchev–Trinajstić information content (AvgIpc) is 2.76. The van der Waals surface area contributed by atoms with E-state index in [-0.39, 0.29) is 19.1 Å². The van der Waals surface area contributed by atoms with E-state index >= 15 is 0 Å². The number of rotatable bonds is 9. The minimum absolute atomic E-state index is 0.243. The third-order valence-electron chi connectivity index (χ3n) is 4.69. The fraction of sp³-hybridized carbons (Fsp3) is 0.231. The third kappa shape index (κ3) is 7.30. The quantitative estimate of drug-likeness (QED) is 0.483. The molecule has 0 radical (unpaired) electrons. The van der Waals surface area contributed by atoms with Crippen molar-refractivity contribution < 1.29 is 19.1 Å². The molecule has 0 atom stereocenters. The topological polar surface area (TPSA) is 55.8 Å². The Kier molecular flexibility index (Phi) is 7.82. The molecule has 0 aliphatic carbocycles. The predicted octanol–water partition coefficient (Wildman–Crippen LogP) is 4.45. The number of benzene rings is 3. The summed E-state index contributed by atoms with van der Waals surface area (Å²) < 4.78 is 10.7. The number of aryl methyl sites for hydroxylation is 2. The van der Waals surface area contributed by atoms with E-state index in [9.17, 15) is 9.59 Å². The zero-order valence-electron chi connectivity index (χ0n) is 17.9. The van der Waals surface area contributed by atoms with Crippen molar-refractivity contribution >= 4 is 11.9 Å². The summed E-state index contributed by atoms with van der Waals surface area (Å²) in [5, 5.41) is 0. The maximum Gasteiger partial charge on any atom is 0.344 e. The van der Waals surface area contributed by atoms with Crippen LogP contribution in [0.5, 0.6) is 5.75 Å². The Morgan fingerprint density at radius 1 is 0.742 bits per heavy atom. The fourth-order valence-corrected chi connectivity index (χ4v) is 3.27. The molecule has 0 aliphatic rings. The second-order valence-electron chi connectivity index (χ2n) is 7.49. The summed E-state index contributed by atoms with van der Waals surface area (Å²) in [4.78, 5) is 26.6. The molecule has 0 unspecified atom stereocenters. The van der Waals surface area contributed by atoms with Crippen molar-refractivity contribution in [1.82, 2.24) is 4.90 Å². The Morgan fingerprint density at radius 3 is 1.77 bits per heavy atom. The van der Waals surface area contributed by atoms with Gasteiger partial charge in [-0.25, -0.2) is 4.79 Å². The highest BCUT2D eigenvalue weighted by Gasteiger charge is 2.17. The minimum atomic E-state index is -0.577. The summed E-state index contributed by atoms with van der Waals surface area (Å²) in [7, 11) is 0. The van der Waals surface area contributed by atoms with Crippen LogP contribution in [0.4, 0.5) is 0 Å². The number of nitrogens with zero attached hydrogens (tertiary/aromatic N) is 1. The predicted molar refractivity (Wildman–Crippen MR) is 120 cm³/mol. The normalized spacial score (nSPS) is 10.4. The molecule has 31 heavy (non-hydrogen) atoms. The highest BCUT2D eigenvalue weighted by molar-refractivity contribution is 5.81. The van der Waals surface area contributed by atoms with Crippen molar-refractivity contribution in [3.05, 3.63) is 101 Å². The molecule has 0 saturated heterocycles. The maximum absolute atomic E-state index is 12.8. The van der Waals surface area contributed by atoms with Crippen LogP contribution in [0.25, 0.3) is 0 Å². The monoisotopic (exact) mass is 417 g/mol. The zero-order valence-corrected chi connectivity index (χ0v) is 17.9. The molecule has 1 amide bonds. The van der Waals surface area contributed by atoms with Gasteiger partial charge in [0.05, 0.1) is 0 Å². The van der Waals surface area contributed by atoms with E-state index in [1.54, 1.807) is 4.90 Å². The van der Waals surface area contributed by atoms with Crippen LogP contribution in [0.1, 0.15) is 22.3 Å². The number of ether oxygens (including phenoxy) is 2. The van der Waals surface area contributed by atoms with Crippen molar-refractivity contribution in [2.45, 2.75) is 26.9 Å². The lowest BCUT2D eigenvalue weighted by atomic mass is 10.1. The number of carbonyl (C=O) groups excluding carboxylic acids is 2. The second kappa shape index (κ2) is 11.0. The molecule has 0 bridgehead atoms. The van der Waals surface area contributed by atoms with E-state index < -0.39 is 5.97 Å². The zero-order chi connectivity index (χ0) is 22.1. The Morgan fingerprint density at radius 2 is 1.26 bits per heavy atom. The Hall–Kier alpha value is -3.60. The first-order valence-electron chi connectivity index (χ1n) is 10.2. The molecule has 0 fully saturated rings. The number of amides is 1. The summed E-state index contributed by atoms with van der Waals surface area (Å²) >= 11 is 0. The SMILES string of the molecule is Cc1cc(C)cc(OCC(=O)OCC(=O)N(Cc2ccccc2)Cc2ccccc2)c1. The van der Waals surface area contributed by atoms with Gasteiger partial charge in [-0.1, -0.05) is 66.7 Å². The third-order valence-corrected chi connectivity index (χ3v) is 4.69. The number of hydrogen-bond acceptors (Lipinski definition) is 4. The van der Waals surface area contributed by atoms with E-state index in [2.05, 4.69) is 0 Å². The van der Waals surface area contributed by atoms with E-state index in [1.165, 1.54) is 0 Å². The lowest BCUT2D eigenvalue weighted by Gasteiger charge is -2.23. The van der Waals surface area contributed by atoms with Crippen LogP contribution in [0, 0.1) is 13.8 Å². The highest BCUT2D eigenvalue weighted by Crippen LogP contribution is 2.16. The van der Waals surface area contributed by atoms with Crippen LogP contribution < -0.4 is 4.74 Å². The first-order chi connectivity index (χ1) is 15.0. The maximum atomic E-state index is 12.8. The van der Waals surface area contributed by atoms with E-state index in [1.807, 2.05) is 92.7 Å². The van der Waals surface area contributed by atoms with Gasteiger partial charge in [0, 0.05) is 13.1 Å². The van der Waals surface area contributed by atoms with Gasteiger partial charge in [-0.2, -0.15) is 0 Å². The second-order valence-corrected chi connectivity index (χ2v) is 7.49.